The van der Waals surface area contributed by atoms with Crippen LogP contribution in [0.25, 0.3) is 0 Å². The van der Waals surface area contributed by atoms with Crippen molar-refractivity contribution >= 4 is 82.3 Å². The minimum atomic E-state index is -1.69. The van der Waals surface area contributed by atoms with E-state index >= 15 is 0 Å². The van der Waals surface area contributed by atoms with Crippen molar-refractivity contribution in [2.45, 2.75) is 115 Å². The molecule has 0 radical (unpaired) electrons. The van der Waals surface area contributed by atoms with Crippen molar-refractivity contribution in [1.82, 2.24) is 36.8 Å². The van der Waals surface area contributed by atoms with Crippen LogP contribution in [0.1, 0.15) is 71.8 Å². The second-order valence-corrected chi connectivity index (χ2v) is 18.0. The van der Waals surface area contributed by atoms with E-state index < -0.39 is 114 Å². The quantitative estimate of drug-likeness (QED) is 0.0122. The summed E-state index contributed by atoms with van der Waals surface area (Å²) in [6, 6.07) is 1.03. The van der Waals surface area contributed by atoms with E-state index in [1.54, 1.807) is 32.9 Å². The van der Waals surface area contributed by atoms with Crippen molar-refractivity contribution in [1.29, 1.82) is 0 Å². The maximum absolute atomic E-state index is 14.4. The molecule has 9 atom stereocenters. The Morgan fingerprint density at radius 1 is 0.972 bits per heavy atom. The fourth-order valence-electron chi connectivity index (χ4n) is 7.40. The van der Waals surface area contributed by atoms with Crippen LogP contribution in [-0.4, -0.2) is 120 Å². The van der Waals surface area contributed by atoms with Gasteiger partial charge in [-0.1, -0.05) is 93.5 Å². The minimum absolute atomic E-state index is 0.00300. The lowest BCUT2D eigenvalue weighted by Gasteiger charge is -2.33. The number of nitrogens with one attached hydrogen (secondary N) is 6. The third kappa shape index (κ3) is 18.3. The van der Waals surface area contributed by atoms with Crippen LogP contribution in [0, 0.1) is 30.1 Å². The van der Waals surface area contributed by atoms with E-state index in [9.17, 15) is 43.2 Å². The zero-order valence-electron chi connectivity index (χ0n) is 40.5. The Bertz CT molecular complexity index is 2290. The Labute approximate surface area is 427 Å². The average Bonchev–Trinajstić information content (AvgIpc) is 3.34. The number of ether oxygens (including phenoxy) is 1. The number of amides is 7. The van der Waals surface area contributed by atoms with E-state index in [1.807, 2.05) is 36.4 Å². The molecule has 3 fully saturated rings. The third-order valence-corrected chi connectivity index (χ3v) is 12.0. The molecule has 0 spiro atoms. The van der Waals surface area contributed by atoms with E-state index in [-0.39, 0.29) is 50.0 Å². The molecule has 1 aromatic rings. The Hall–Kier alpha value is -7.03. The number of esters is 1. The standard InChI is InChI=1S/C49H65IN10O11/c1-9-31(19-20-32-15-12-11-13-16-32)26-28(5)18-21-34-40-46(67)57-36(47(68)70-40)22-23-38(61)60(8)30(7)42(63)54-33(10-2)43(64)58-37(25-27(3)4)45(66)59-39(48(69)71-50)29(6)41(62)56-35(44(65)55-34)17-14-24-53-49(51)52/h2,9,11-13,15-16,18,21,26-27,29,31,33-37,39-40H,1,7,14,17,19-20,22-25H2,3-6,8H3,(H,54,63)(H,55,65)(H,56,62)(H,57,67)(H,58,64)(H,59,66)(H4,51,52,53)/b21-18+,28-26+/t29-,31+,33+,34-,35-,36+,37-,39+,40-/m0/s1. The number of nitrogens with zero attached hydrogens (tertiary/aromatic N) is 2. The van der Waals surface area contributed by atoms with E-state index in [1.165, 1.54) is 43.1 Å². The SMILES string of the molecule is C#C[C@H]1NC(=O)C(=C)N(C)C(=O)CC[C@H]2NC(=O)[C@@H](OC2=O)[C@H](/C=C/C(C)=C/[C@H](C=C)CCc2ccccc2)NC(=O)[C@H](CCCN=C(N)N)NC(=O)[C@@H](C)[C@H](C(=O)OI)NC(=O)[C@H](CC(C)C)NC1=O. The predicted octanol–water partition coefficient (Wildman–Crippen LogP) is 0.786. The van der Waals surface area contributed by atoms with Crippen LogP contribution < -0.4 is 43.4 Å². The molecule has 7 amide bonds. The van der Waals surface area contributed by atoms with E-state index in [0.717, 1.165) is 23.3 Å². The van der Waals surface area contributed by atoms with Gasteiger partial charge in [0.05, 0.1) is 12.0 Å². The third-order valence-electron chi connectivity index (χ3n) is 11.5. The smallest absolute Gasteiger partial charge is 0.338 e. The first-order valence-corrected chi connectivity index (χ1v) is 23.8. The first-order valence-electron chi connectivity index (χ1n) is 23.0. The van der Waals surface area contributed by atoms with Gasteiger partial charge >= 0.3 is 11.9 Å². The Morgan fingerprint density at radius 2 is 1.63 bits per heavy atom. The molecule has 4 rings (SSSR count). The van der Waals surface area contributed by atoms with E-state index in [0.29, 0.717) is 5.57 Å². The number of halogens is 1. The number of terminal acetylenes is 1. The summed E-state index contributed by atoms with van der Waals surface area (Å²) in [5.74, 6) is -8.13. The number of aryl methyl sites for hydroxylation is 1. The molecule has 0 aliphatic carbocycles. The van der Waals surface area contributed by atoms with Crippen molar-refractivity contribution in [3.8, 4) is 12.3 Å². The number of likely N-dealkylation sites (N-methyl/N-ethyl adjacent to an activating group) is 1. The Balaban J connectivity index is 2.13. The highest BCUT2D eigenvalue weighted by Crippen LogP contribution is 2.19. The molecule has 0 unspecified atom stereocenters. The second kappa shape index (κ2) is 28.6. The summed E-state index contributed by atoms with van der Waals surface area (Å²) in [6.45, 7) is 14.2. The molecule has 3 heterocycles. The fourth-order valence-corrected chi connectivity index (χ4v) is 7.67. The predicted molar refractivity (Wildman–Crippen MR) is 271 cm³/mol. The molecule has 71 heavy (non-hydrogen) atoms. The minimum Gasteiger partial charge on any atom is -0.448 e. The highest BCUT2D eigenvalue weighted by molar-refractivity contribution is 14.1. The summed E-state index contributed by atoms with van der Waals surface area (Å²) in [7, 11) is 1.22. The van der Waals surface area contributed by atoms with Crippen molar-refractivity contribution in [2.24, 2.45) is 34.2 Å². The second-order valence-electron chi connectivity index (χ2n) is 17.5. The number of carbonyl (C=O) groups excluding carboxylic acids is 9. The maximum atomic E-state index is 14.4. The number of guanidine groups is 1. The molecule has 0 saturated carbocycles. The topological polar surface area (TPSA) is 312 Å². The highest BCUT2D eigenvalue weighted by atomic mass is 127. The molecule has 3 aliphatic rings. The van der Waals surface area contributed by atoms with Crippen LogP contribution >= 0.6 is 23.0 Å². The summed E-state index contributed by atoms with van der Waals surface area (Å²) in [5.41, 5.74) is 12.4. The first kappa shape index (κ1) is 58.3. The lowest BCUT2D eigenvalue weighted by atomic mass is 9.96. The van der Waals surface area contributed by atoms with Crippen molar-refractivity contribution in [3.63, 3.8) is 0 Å². The maximum Gasteiger partial charge on any atom is 0.338 e. The summed E-state index contributed by atoms with van der Waals surface area (Å²) in [6.07, 6.45) is 11.6. The number of hydrogen-bond acceptors (Lipinski definition) is 12. The van der Waals surface area contributed by atoms with Crippen molar-refractivity contribution < 1.29 is 51.0 Å². The van der Waals surface area contributed by atoms with Gasteiger partial charge in [-0.05, 0) is 62.8 Å². The number of nitrogens with two attached hydrogens (primary N) is 2. The fraction of sp³-hybridized carbons (Fsp3) is 0.469. The van der Waals surface area contributed by atoms with Crippen LogP contribution in [-0.2, 0) is 57.4 Å². The van der Waals surface area contributed by atoms with E-state index in [4.69, 9.17) is 25.7 Å². The zero-order chi connectivity index (χ0) is 52.9. The summed E-state index contributed by atoms with van der Waals surface area (Å²) in [4.78, 5) is 128. The van der Waals surface area contributed by atoms with Gasteiger partial charge in [-0.3, -0.25) is 38.6 Å². The van der Waals surface area contributed by atoms with Gasteiger partial charge < -0.3 is 56.1 Å². The van der Waals surface area contributed by atoms with Gasteiger partial charge in [0.1, 0.15) is 29.9 Å². The summed E-state index contributed by atoms with van der Waals surface area (Å²) < 4.78 is 10.6. The Kier molecular flexibility index (Phi) is 23.5. The molecule has 21 nitrogen and oxygen atoms in total. The average molecular weight is 1100 g/mol. The largest absolute Gasteiger partial charge is 0.448 e. The van der Waals surface area contributed by atoms with Crippen LogP contribution in [0.4, 0.5) is 0 Å². The van der Waals surface area contributed by atoms with Crippen LogP contribution in [0.3, 0.4) is 0 Å². The highest BCUT2D eigenvalue weighted by Gasteiger charge is 2.42. The molecule has 3 saturated heterocycles. The van der Waals surface area contributed by atoms with Gasteiger partial charge in [0, 0.05) is 20.0 Å². The molecule has 3 aliphatic heterocycles. The van der Waals surface area contributed by atoms with Gasteiger partial charge in [-0.25, -0.2) is 9.59 Å². The number of allylic oxidation sites excluding steroid dienone is 4. The number of hydrogen-bond donors (Lipinski definition) is 8. The number of rotatable bonds is 14. The van der Waals surface area contributed by atoms with Gasteiger partial charge in [-0.15, -0.1) is 13.0 Å². The number of aliphatic imine (C=N–C) groups is 1. The number of morpholine rings is 1. The normalized spacial score (nSPS) is 25.2. The molecule has 22 heteroatoms. The zero-order valence-corrected chi connectivity index (χ0v) is 42.7. The molecule has 0 aromatic heterocycles. The lowest BCUT2D eigenvalue weighted by molar-refractivity contribution is -0.167. The number of fused-ring (bicyclic) bond motifs is 22. The van der Waals surface area contributed by atoms with Gasteiger partial charge in [-0.2, -0.15) is 0 Å². The van der Waals surface area contributed by atoms with Crippen LogP contribution in [0.15, 0.2) is 84.1 Å². The van der Waals surface area contributed by atoms with Crippen LogP contribution in [0.2, 0.25) is 0 Å². The van der Waals surface area contributed by atoms with Gasteiger partial charge in [0.25, 0.3) is 17.7 Å². The van der Waals surface area contributed by atoms with Crippen LogP contribution in [0.5, 0.6) is 0 Å². The van der Waals surface area contributed by atoms with Gasteiger partial charge in [0.2, 0.25) is 29.7 Å². The molecule has 10 N–H and O–H groups in total. The molecule has 2 bridgehead atoms. The molecular weight excluding hydrogens is 1030 g/mol. The Morgan fingerprint density at radius 3 is 2.25 bits per heavy atom. The monoisotopic (exact) mass is 1100 g/mol. The van der Waals surface area contributed by atoms with Crippen molar-refractivity contribution in [3.05, 3.63) is 84.6 Å². The lowest BCUT2D eigenvalue weighted by Crippen LogP contribution is -2.62. The first-order chi connectivity index (χ1) is 33.6. The summed E-state index contributed by atoms with van der Waals surface area (Å²) in [5, 5.41) is 15.2. The number of carbonyl (C=O) groups is 9. The molecule has 1 aromatic carbocycles. The van der Waals surface area contributed by atoms with Crippen molar-refractivity contribution in [2.75, 3.05) is 13.6 Å². The number of benzene rings is 1. The van der Waals surface area contributed by atoms with E-state index in [2.05, 4.69) is 56.0 Å². The molecule has 384 valence electrons. The molecular formula is C49H65IN10O11. The summed E-state index contributed by atoms with van der Waals surface area (Å²) >= 11 is 1.28. The van der Waals surface area contributed by atoms with Gasteiger partial charge in [0.15, 0.2) is 35.0 Å².